The number of aliphatic hydroxyl groups excluding tert-OH is 1. The highest BCUT2D eigenvalue weighted by atomic mass is 16.5. The quantitative estimate of drug-likeness (QED) is 0.642. The smallest absolute Gasteiger partial charge is 0.0587 e. The summed E-state index contributed by atoms with van der Waals surface area (Å²) in [6.07, 6.45) is 2.82. The monoisotopic (exact) mass is 160 g/mol. The molecule has 0 aromatic rings. The van der Waals surface area contributed by atoms with Crippen molar-refractivity contribution in [2.75, 3.05) is 13.7 Å². The first kappa shape index (κ1) is 10.9. The molecule has 0 aliphatic rings. The summed E-state index contributed by atoms with van der Waals surface area (Å²) in [6, 6.07) is 0. The molecule has 0 bridgehead atoms. The molecule has 1 N–H and O–H groups in total. The standard InChI is InChI=1S/C9H20O2/c1-4-5-8(2)9(10)6-7-11-3/h8-10H,4-7H2,1-3H3/t8?,9-/m0/s1. The van der Waals surface area contributed by atoms with E-state index in [4.69, 9.17) is 4.74 Å². The lowest BCUT2D eigenvalue weighted by Gasteiger charge is -2.17. The average Bonchev–Trinajstić information content (AvgIpc) is 2.00. The van der Waals surface area contributed by atoms with Crippen LogP contribution in [0.1, 0.15) is 33.1 Å². The molecule has 0 aromatic carbocycles. The lowest BCUT2D eigenvalue weighted by atomic mass is 9.97. The van der Waals surface area contributed by atoms with Crippen molar-refractivity contribution in [2.24, 2.45) is 5.92 Å². The third-order valence-electron chi connectivity index (χ3n) is 2.02. The highest BCUT2D eigenvalue weighted by Gasteiger charge is 2.11. The van der Waals surface area contributed by atoms with Crippen molar-refractivity contribution >= 4 is 0 Å². The molecule has 0 saturated carbocycles. The third kappa shape index (κ3) is 5.22. The molecule has 0 heterocycles. The molecule has 2 atom stereocenters. The summed E-state index contributed by atoms with van der Waals surface area (Å²) >= 11 is 0. The summed E-state index contributed by atoms with van der Waals surface area (Å²) in [5, 5.41) is 9.50. The van der Waals surface area contributed by atoms with E-state index in [1.54, 1.807) is 7.11 Å². The van der Waals surface area contributed by atoms with Crippen molar-refractivity contribution in [3.8, 4) is 0 Å². The van der Waals surface area contributed by atoms with Crippen LogP contribution < -0.4 is 0 Å². The molecule has 2 heteroatoms. The molecule has 0 radical (unpaired) electrons. The van der Waals surface area contributed by atoms with Crippen LogP contribution in [0, 0.1) is 5.92 Å². The zero-order valence-corrected chi connectivity index (χ0v) is 7.84. The molecular weight excluding hydrogens is 140 g/mol. The number of rotatable bonds is 6. The molecule has 0 spiro atoms. The van der Waals surface area contributed by atoms with Crippen molar-refractivity contribution in [3.05, 3.63) is 0 Å². The van der Waals surface area contributed by atoms with Crippen LogP contribution >= 0.6 is 0 Å². The Kier molecular flexibility index (Phi) is 6.57. The highest BCUT2D eigenvalue weighted by molar-refractivity contribution is 4.63. The van der Waals surface area contributed by atoms with Crippen molar-refractivity contribution in [2.45, 2.75) is 39.2 Å². The lowest BCUT2D eigenvalue weighted by molar-refractivity contribution is 0.0691. The SMILES string of the molecule is CCCC(C)[C@@H](O)CCOC. The number of methoxy groups -OCH3 is 1. The van der Waals surface area contributed by atoms with Gasteiger partial charge in [-0.25, -0.2) is 0 Å². The second kappa shape index (κ2) is 6.62. The summed E-state index contributed by atoms with van der Waals surface area (Å²) in [7, 11) is 1.66. The first-order chi connectivity index (χ1) is 5.22. The summed E-state index contributed by atoms with van der Waals surface area (Å²) in [6.45, 7) is 4.89. The van der Waals surface area contributed by atoms with E-state index < -0.39 is 0 Å². The fraction of sp³-hybridized carbons (Fsp3) is 1.00. The van der Waals surface area contributed by atoms with E-state index in [0.717, 1.165) is 19.3 Å². The van der Waals surface area contributed by atoms with Gasteiger partial charge in [-0.05, 0) is 18.8 Å². The number of hydrogen-bond acceptors (Lipinski definition) is 2. The minimum absolute atomic E-state index is 0.185. The molecule has 1 unspecified atom stereocenters. The van der Waals surface area contributed by atoms with Gasteiger partial charge in [0.15, 0.2) is 0 Å². The molecule has 0 aliphatic heterocycles. The fourth-order valence-corrected chi connectivity index (χ4v) is 1.17. The van der Waals surface area contributed by atoms with Gasteiger partial charge in [0.1, 0.15) is 0 Å². The highest BCUT2D eigenvalue weighted by Crippen LogP contribution is 2.12. The number of hydrogen-bond donors (Lipinski definition) is 1. The molecule has 0 saturated heterocycles. The fourth-order valence-electron chi connectivity index (χ4n) is 1.17. The molecule has 0 rings (SSSR count). The zero-order valence-electron chi connectivity index (χ0n) is 7.84. The number of aliphatic hydroxyl groups is 1. The summed E-state index contributed by atoms with van der Waals surface area (Å²) in [4.78, 5) is 0. The van der Waals surface area contributed by atoms with Gasteiger partial charge >= 0.3 is 0 Å². The van der Waals surface area contributed by atoms with E-state index in [1.807, 2.05) is 0 Å². The maximum Gasteiger partial charge on any atom is 0.0587 e. The van der Waals surface area contributed by atoms with Crippen LogP contribution in [0.5, 0.6) is 0 Å². The van der Waals surface area contributed by atoms with E-state index in [2.05, 4.69) is 13.8 Å². The zero-order chi connectivity index (χ0) is 8.69. The van der Waals surface area contributed by atoms with E-state index in [9.17, 15) is 5.11 Å². The summed E-state index contributed by atoms with van der Waals surface area (Å²) in [5.41, 5.74) is 0. The molecule has 0 aromatic heterocycles. The Labute approximate surface area is 69.6 Å². The molecule has 68 valence electrons. The van der Waals surface area contributed by atoms with Crippen LogP contribution in [-0.2, 0) is 4.74 Å². The van der Waals surface area contributed by atoms with Gasteiger partial charge in [0, 0.05) is 13.7 Å². The molecular formula is C9H20O2. The van der Waals surface area contributed by atoms with Crippen LogP contribution in [0.3, 0.4) is 0 Å². The van der Waals surface area contributed by atoms with Gasteiger partial charge in [0.2, 0.25) is 0 Å². The van der Waals surface area contributed by atoms with Crippen LogP contribution in [0.4, 0.5) is 0 Å². The first-order valence-corrected chi connectivity index (χ1v) is 4.39. The van der Waals surface area contributed by atoms with Crippen LogP contribution in [-0.4, -0.2) is 24.9 Å². The van der Waals surface area contributed by atoms with Crippen LogP contribution in [0.25, 0.3) is 0 Å². The number of ether oxygens (including phenoxy) is 1. The molecule has 11 heavy (non-hydrogen) atoms. The van der Waals surface area contributed by atoms with E-state index >= 15 is 0 Å². The topological polar surface area (TPSA) is 29.5 Å². The maximum absolute atomic E-state index is 9.50. The average molecular weight is 160 g/mol. The Hall–Kier alpha value is -0.0800. The summed E-state index contributed by atoms with van der Waals surface area (Å²) < 4.78 is 4.88. The van der Waals surface area contributed by atoms with Crippen molar-refractivity contribution in [1.82, 2.24) is 0 Å². The van der Waals surface area contributed by atoms with Gasteiger partial charge in [0.05, 0.1) is 6.10 Å². The molecule has 0 aliphatic carbocycles. The Morgan fingerprint density at radius 3 is 2.45 bits per heavy atom. The van der Waals surface area contributed by atoms with Gasteiger partial charge in [-0.2, -0.15) is 0 Å². The van der Waals surface area contributed by atoms with Gasteiger partial charge in [-0.3, -0.25) is 0 Å². The normalized spacial score (nSPS) is 16.4. The Morgan fingerprint density at radius 1 is 1.36 bits per heavy atom. The van der Waals surface area contributed by atoms with Crippen molar-refractivity contribution in [1.29, 1.82) is 0 Å². The Bertz CT molecular complexity index is 83.6. The minimum atomic E-state index is -0.185. The maximum atomic E-state index is 9.50. The third-order valence-corrected chi connectivity index (χ3v) is 2.02. The largest absolute Gasteiger partial charge is 0.393 e. The van der Waals surface area contributed by atoms with Crippen molar-refractivity contribution in [3.63, 3.8) is 0 Å². The predicted molar refractivity (Wildman–Crippen MR) is 46.6 cm³/mol. The Balaban J connectivity index is 3.38. The molecule has 0 amide bonds. The van der Waals surface area contributed by atoms with Gasteiger partial charge in [-0.15, -0.1) is 0 Å². The molecule has 2 nitrogen and oxygen atoms in total. The predicted octanol–water partition coefficient (Wildman–Crippen LogP) is 1.82. The second-order valence-electron chi connectivity index (χ2n) is 3.11. The summed E-state index contributed by atoms with van der Waals surface area (Å²) in [5.74, 6) is 0.412. The van der Waals surface area contributed by atoms with Gasteiger partial charge in [0.25, 0.3) is 0 Å². The van der Waals surface area contributed by atoms with E-state index in [-0.39, 0.29) is 6.10 Å². The van der Waals surface area contributed by atoms with Gasteiger partial charge < -0.3 is 9.84 Å². The lowest BCUT2D eigenvalue weighted by Crippen LogP contribution is -2.19. The first-order valence-electron chi connectivity index (χ1n) is 4.39. The molecule has 0 fully saturated rings. The van der Waals surface area contributed by atoms with Crippen LogP contribution in [0.2, 0.25) is 0 Å². The van der Waals surface area contributed by atoms with E-state index in [1.165, 1.54) is 0 Å². The van der Waals surface area contributed by atoms with E-state index in [0.29, 0.717) is 12.5 Å². The minimum Gasteiger partial charge on any atom is -0.393 e. The van der Waals surface area contributed by atoms with Crippen LogP contribution in [0.15, 0.2) is 0 Å². The van der Waals surface area contributed by atoms with Crippen molar-refractivity contribution < 1.29 is 9.84 Å². The van der Waals surface area contributed by atoms with Gasteiger partial charge in [-0.1, -0.05) is 20.3 Å². The second-order valence-corrected chi connectivity index (χ2v) is 3.11. The Morgan fingerprint density at radius 2 is 2.00 bits per heavy atom.